The topological polar surface area (TPSA) is 80.5 Å². The SMILES string of the molecule is Nc1ccc2nc(NC(=O)CN3CCCOCC3)sc2c1. The molecule has 3 rings (SSSR count). The van der Waals surface area contributed by atoms with Crippen molar-refractivity contribution in [3.8, 4) is 0 Å². The van der Waals surface area contributed by atoms with Gasteiger partial charge < -0.3 is 15.8 Å². The van der Waals surface area contributed by atoms with E-state index in [0.717, 1.165) is 36.3 Å². The number of carbonyl (C=O) groups excluding carboxylic acids is 1. The number of nitrogen functional groups attached to an aromatic ring is 1. The molecule has 1 aliphatic rings. The largest absolute Gasteiger partial charge is 0.399 e. The van der Waals surface area contributed by atoms with E-state index in [4.69, 9.17) is 10.5 Å². The van der Waals surface area contributed by atoms with Crippen LogP contribution in [0.5, 0.6) is 0 Å². The highest BCUT2D eigenvalue weighted by atomic mass is 32.1. The lowest BCUT2D eigenvalue weighted by Gasteiger charge is -2.17. The molecule has 1 amide bonds. The van der Waals surface area contributed by atoms with Gasteiger partial charge >= 0.3 is 0 Å². The molecular formula is C14H18N4O2S. The number of rotatable bonds is 3. The van der Waals surface area contributed by atoms with Crippen LogP contribution in [0.15, 0.2) is 18.2 Å². The Hall–Kier alpha value is -1.70. The van der Waals surface area contributed by atoms with Gasteiger partial charge in [-0.1, -0.05) is 11.3 Å². The van der Waals surface area contributed by atoms with E-state index in [0.29, 0.717) is 24.0 Å². The second kappa shape index (κ2) is 6.38. The number of nitrogens with two attached hydrogens (primary N) is 1. The molecule has 1 fully saturated rings. The maximum absolute atomic E-state index is 12.1. The highest BCUT2D eigenvalue weighted by Gasteiger charge is 2.14. The zero-order valence-electron chi connectivity index (χ0n) is 11.7. The standard InChI is InChI=1S/C14H18N4O2S/c15-10-2-3-11-12(8-10)21-14(16-11)17-13(19)9-18-4-1-6-20-7-5-18/h2-3,8H,1,4-7,9,15H2,(H,16,17,19). The second-order valence-electron chi connectivity index (χ2n) is 5.04. The predicted octanol–water partition coefficient (Wildman–Crippen LogP) is 1.54. The molecule has 21 heavy (non-hydrogen) atoms. The molecule has 0 bridgehead atoms. The Morgan fingerprint density at radius 1 is 1.43 bits per heavy atom. The smallest absolute Gasteiger partial charge is 0.240 e. The summed E-state index contributed by atoms with van der Waals surface area (Å²) >= 11 is 1.44. The third kappa shape index (κ3) is 3.69. The first kappa shape index (κ1) is 14.2. The van der Waals surface area contributed by atoms with Crippen LogP contribution in [-0.2, 0) is 9.53 Å². The predicted molar refractivity (Wildman–Crippen MR) is 84.5 cm³/mol. The van der Waals surface area contributed by atoms with E-state index < -0.39 is 0 Å². The number of nitrogens with one attached hydrogen (secondary N) is 1. The summed E-state index contributed by atoms with van der Waals surface area (Å²) in [5.41, 5.74) is 7.30. The maximum atomic E-state index is 12.1. The zero-order valence-corrected chi connectivity index (χ0v) is 12.5. The van der Waals surface area contributed by atoms with Crippen molar-refractivity contribution in [2.45, 2.75) is 6.42 Å². The third-order valence-corrected chi connectivity index (χ3v) is 4.27. The second-order valence-corrected chi connectivity index (χ2v) is 6.07. The van der Waals surface area contributed by atoms with E-state index in [1.54, 1.807) is 0 Å². The number of hydrogen-bond acceptors (Lipinski definition) is 6. The molecule has 2 heterocycles. The molecule has 2 aromatic rings. The number of nitrogens with zero attached hydrogens (tertiary/aromatic N) is 2. The van der Waals surface area contributed by atoms with Crippen molar-refractivity contribution in [2.24, 2.45) is 0 Å². The van der Waals surface area contributed by atoms with Crippen molar-refractivity contribution in [1.82, 2.24) is 9.88 Å². The molecule has 112 valence electrons. The summed E-state index contributed by atoms with van der Waals surface area (Å²) in [6.45, 7) is 3.53. The summed E-state index contributed by atoms with van der Waals surface area (Å²) in [6, 6.07) is 5.54. The van der Waals surface area contributed by atoms with Gasteiger partial charge in [-0.2, -0.15) is 0 Å². The minimum atomic E-state index is -0.0380. The van der Waals surface area contributed by atoms with Gasteiger partial charge in [-0.05, 0) is 24.6 Å². The number of benzene rings is 1. The van der Waals surface area contributed by atoms with Crippen LogP contribution >= 0.6 is 11.3 Å². The molecule has 1 aromatic carbocycles. The van der Waals surface area contributed by atoms with Crippen molar-refractivity contribution in [2.75, 3.05) is 43.9 Å². The summed E-state index contributed by atoms with van der Waals surface area (Å²) in [6.07, 6.45) is 0.966. The summed E-state index contributed by atoms with van der Waals surface area (Å²) in [7, 11) is 0. The molecule has 3 N–H and O–H groups in total. The molecule has 0 unspecified atom stereocenters. The third-order valence-electron chi connectivity index (χ3n) is 3.34. The van der Waals surface area contributed by atoms with Gasteiger partial charge in [0.05, 0.1) is 23.4 Å². The van der Waals surface area contributed by atoms with Crippen molar-refractivity contribution in [3.63, 3.8) is 0 Å². The van der Waals surface area contributed by atoms with Crippen LogP contribution in [0, 0.1) is 0 Å². The first-order valence-corrected chi connectivity index (χ1v) is 7.78. The highest BCUT2D eigenvalue weighted by molar-refractivity contribution is 7.22. The maximum Gasteiger partial charge on any atom is 0.240 e. The molecule has 1 saturated heterocycles. The Morgan fingerprint density at radius 2 is 2.33 bits per heavy atom. The number of hydrogen-bond donors (Lipinski definition) is 2. The molecular weight excluding hydrogens is 288 g/mol. The minimum absolute atomic E-state index is 0.0380. The molecule has 1 aromatic heterocycles. The van der Waals surface area contributed by atoms with Crippen LogP contribution in [0.3, 0.4) is 0 Å². The number of anilines is 2. The summed E-state index contributed by atoms with van der Waals surface area (Å²) in [5.74, 6) is -0.0380. The molecule has 0 spiro atoms. The van der Waals surface area contributed by atoms with Crippen LogP contribution in [0.1, 0.15) is 6.42 Å². The Labute approximate surface area is 126 Å². The Bertz CT molecular complexity index is 635. The van der Waals surface area contributed by atoms with E-state index >= 15 is 0 Å². The number of amides is 1. The van der Waals surface area contributed by atoms with E-state index in [-0.39, 0.29) is 5.91 Å². The molecule has 0 aliphatic carbocycles. The minimum Gasteiger partial charge on any atom is -0.399 e. The first-order valence-electron chi connectivity index (χ1n) is 6.97. The van der Waals surface area contributed by atoms with Gasteiger partial charge in [0.15, 0.2) is 5.13 Å². The average Bonchev–Trinajstić information content (AvgIpc) is 2.66. The van der Waals surface area contributed by atoms with Crippen molar-refractivity contribution in [1.29, 1.82) is 0 Å². The fourth-order valence-electron chi connectivity index (χ4n) is 2.31. The number of thiazole rings is 1. The monoisotopic (exact) mass is 306 g/mol. The number of fused-ring (bicyclic) bond motifs is 1. The van der Waals surface area contributed by atoms with E-state index in [2.05, 4.69) is 15.2 Å². The molecule has 0 saturated carbocycles. The van der Waals surface area contributed by atoms with Gasteiger partial charge in [-0.15, -0.1) is 0 Å². The van der Waals surface area contributed by atoms with Crippen molar-refractivity contribution >= 4 is 38.3 Å². The van der Waals surface area contributed by atoms with E-state index in [9.17, 15) is 4.79 Å². The lowest BCUT2D eigenvalue weighted by molar-refractivity contribution is -0.117. The van der Waals surface area contributed by atoms with Crippen molar-refractivity contribution in [3.05, 3.63) is 18.2 Å². The fraction of sp³-hybridized carbons (Fsp3) is 0.429. The first-order chi connectivity index (χ1) is 10.2. The normalized spacial score (nSPS) is 16.8. The van der Waals surface area contributed by atoms with E-state index in [1.165, 1.54) is 11.3 Å². The zero-order chi connectivity index (χ0) is 14.7. The van der Waals surface area contributed by atoms with Gasteiger partial charge in [-0.3, -0.25) is 9.69 Å². The average molecular weight is 306 g/mol. The number of aromatic nitrogens is 1. The Balaban J connectivity index is 1.62. The highest BCUT2D eigenvalue weighted by Crippen LogP contribution is 2.27. The fourth-order valence-corrected chi connectivity index (χ4v) is 3.24. The quantitative estimate of drug-likeness (QED) is 0.841. The van der Waals surface area contributed by atoms with Crippen LogP contribution in [0.2, 0.25) is 0 Å². The Kier molecular flexibility index (Phi) is 4.33. The Morgan fingerprint density at radius 3 is 3.24 bits per heavy atom. The van der Waals surface area contributed by atoms with Gasteiger partial charge in [0.1, 0.15) is 0 Å². The number of ether oxygens (including phenoxy) is 1. The molecule has 6 nitrogen and oxygen atoms in total. The lowest BCUT2D eigenvalue weighted by atomic mass is 10.3. The van der Waals surface area contributed by atoms with Crippen LogP contribution < -0.4 is 11.1 Å². The molecule has 0 atom stereocenters. The molecule has 7 heteroatoms. The van der Waals surface area contributed by atoms with E-state index in [1.807, 2.05) is 18.2 Å². The lowest BCUT2D eigenvalue weighted by Crippen LogP contribution is -2.34. The summed E-state index contributed by atoms with van der Waals surface area (Å²) < 4.78 is 6.36. The summed E-state index contributed by atoms with van der Waals surface area (Å²) in [4.78, 5) is 18.6. The molecule has 1 aliphatic heterocycles. The summed E-state index contributed by atoms with van der Waals surface area (Å²) in [5, 5.41) is 3.48. The van der Waals surface area contributed by atoms with Crippen LogP contribution in [0.4, 0.5) is 10.8 Å². The van der Waals surface area contributed by atoms with Gasteiger partial charge in [0.2, 0.25) is 5.91 Å². The number of carbonyl (C=O) groups is 1. The van der Waals surface area contributed by atoms with Gasteiger partial charge in [0, 0.05) is 25.4 Å². The molecule has 0 radical (unpaired) electrons. The van der Waals surface area contributed by atoms with Crippen LogP contribution in [0.25, 0.3) is 10.2 Å². The van der Waals surface area contributed by atoms with Gasteiger partial charge in [-0.25, -0.2) is 4.98 Å². The van der Waals surface area contributed by atoms with Crippen LogP contribution in [-0.4, -0.2) is 48.6 Å². The van der Waals surface area contributed by atoms with Crippen molar-refractivity contribution < 1.29 is 9.53 Å². The van der Waals surface area contributed by atoms with Gasteiger partial charge in [0.25, 0.3) is 0 Å².